The van der Waals surface area contributed by atoms with Crippen LogP contribution in [0.15, 0.2) is 48.7 Å². The first-order valence-electron chi connectivity index (χ1n) is 13.3. The normalized spacial score (nSPS) is 12.2. The summed E-state index contributed by atoms with van der Waals surface area (Å²) < 4.78 is 7.49. The Hall–Kier alpha value is -3.40. The maximum absolute atomic E-state index is 13.1. The molecule has 0 saturated heterocycles. The van der Waals surface area contributed by atoms with Crippen molar-refractivity contribution in [3.63, 3.8) is 0 Å². The van der Waals surface area contributed by atoms with E-state index in [-0.39, 0.29) is 44.5 Å². The number of aliphatic hydroxyl groups is 1. The summed E-state index contributed by atoms with van der Waals surface area (Å²) in [4.78, 5) is 31.8. The Bertz CT molecular complexity index is 1310. The SMILES string of the molecule is C.CC(C)Oc1ccc(C(=O)N[C@H](CNC(=O)CN(C)C)Cc2ccc(-c3cn(C)c(C(C)(C)O)n3)cc2)cc1Cl. The zero-order valence-corrected chi connectivity index (χ0v) is 25.0. The number of benzene rings is 2. The number of halogens is 1. The number of aromatic nitrogens is 2. The number of carbonyl (C=O) groups excluding carboxylic acids is 2. The van der Waals surface area contributed by atoms with Gasteiger partial charge in [-0.3, -0.25) is 9.59 Å². The van der Waals surface area contributed by atoms with Crippen molar-refractivity contribution in [2.75, 3.05) is 27.2 Å². The van der Waals surface area contributed by atoms with Gasteiger partial charge in [0.05, 0.1) is 29.4 Å². The van der Waals surface area contributed by atoms with Crippen LogP contribution in [0, 0.1) is 0 Å². The molecule has 10 heteroatoms. The Morgan fingerprint density at radius 1 is 1.15 bits per heavy atom. The lowest BCUT2D eigenvalue weighted by molar-refractivity contribution is -0.121. The molecule has 0 saturated carbocycles. The number of nitrogens with zero attached hydrogens (tertiary/aromatic N) is 3. The summed E-state index contributed by atoms with van der Waals surface area (Å²) in [5, 5.41) is 16.7. The Morgan fingerprint density at radius 3 is 2.34 bits per heavy atom. The lowest BCUT2D eigenvalue weighted by atomic mass is 10.0. The highest BCUT2D eigenvalue weighted by Crippen LogP contribution is 2.27. The van der Waals surface area contributed by atoms with E-state index in [4.69, 9.17) is 16.3 Å². The molecule has 0 radical (unpaired) electrons. The zero-order valence-electron chi connectivity index (χ0n) is 24.3. The number of likely N-dealkylation sites (N-methyl/N-ethyl adjacent to an activating group) is 1. The molecule has 9 nitrogen and oxygen atoms in total. The van der Waals surface area contributed by atoms with Crippen LogP contribution in [0.4, 0.5) is 0 Å². The Labute approximate surface area is 248 Å². The monoisotopic (exact) mass is 585 g/mol. The number of nitrogens with one attached hydrogen (secondary N) is 2. The second kappa shape index (κ2) is 14.5. The average Bonchev–Trinajstić information content (AvgIpc) is 3.25. The van der Waals surface area contributed by atoms with Crippen LogP contribution < -0.4 is 15.4 Å². The van der Waals surface area contributed by atoms with Crippen molar-refractivity contribution in [3.05, 3.63) is 70.6 Å². The molecule has 0 aliphatic carbocycles. The van der Waals surface area contributed by atoms with Crippen LogP contribution >= 0.6 is 11.6 Å². The number of amides is 2. The number of hydrogen-bond donors (Lipinski definition) is 3. The first-order valence-corrected chi connectivity index (χ1v) is 13.6. The Balaban J connectivity index is 0.00000588. The number of aryl methyl sites for hydroxylation is 1. The van der Waals surface area contributed by atoms with E-state index in [1.54, 1.807) is 36.9 Å². The van der Waals surface area contributed by atoms with Gasteiger partial charge in [0.1, 0.15) is 17.2 Å². The summed E-state index contributed by atoms with van der Waals surface area (Å²) >= 11 is 6.35. The first-order chi connectivity index (χ1) is 18.7. The number of hydrogen-bond acceptors (Lipinski definition) is 6. The van der Waals surface area contributed by atoms with Crippen LogP contribution in [-0.2, 0) is 23.9 Å². The third kappa shape index (κ3) is 9.88. The van der Waals surface area contributed by atoms with Crippen LogP contribution in [0.25, 0.3) is 11.3 Å². The molecule has 1 heterocycles. The van der Waals surface area contributed by atoms with Gasteiger partial charge in [0, 0.05) is 30.9 Å². The van der Waals surface area contributed by atoms with Crippen molar-refractivity contribution in [1.82, 2.24) is 25.1 Å². The fourth-order valence-corrected chi connectivity index (χ4v) is 4.51. The average molecular weight is 586 g/mol. The fourth-order valence-electron chi connectivity index (χ4n) is 4.28. The zero-order chi connectivity index (χ0) is 29.6. The smallest absolute Gasteiger partial charge is 0.251 e. The third-order valence-corrected chi connectivity index (χ3v) is 6.35. The summed E-state index contributed by atoms with van der Waals surface area (Å²) in [7, 11) is 5.50. The summed E-state index contributed by atoms with van der Waals surface area (Å²) in [6.07, 6.45) is 2.34. The van der Waals surface area contributed by atoms with Gasteiger partial charge in [-0.05, 0) is 72.0 Å². The molecule has 0 aliphatic heterocycles. The van der Waals surface area contributed by atoms with E-state index in [0.29, 0.717) is 28.6 Å². The predicted molar refractivity (Wildman–Crippen MR) is 164 cm³/mol. The summed E-state index contributed by atoms with van der Waals surface area (Å²) in [6, 6.07) is 12.4. The van der Waals surface area contributed by atoms with E-state index in [1.807, 2.05) is 70.0 Å². The number of imidazole rings is 1. The molecule has 2 aromatic carbocycles. The molecule has 3 rings (SSSR count). The van der Waals surface area contributed by atoms with Gasteiger partial charge in [0.2, 0.25) is 5.91 Å². The summed E-state index contributed by atoms with van der Waals surface area (Å²) in [5.41, 5.74) is 2.00. The van der Waals surface area contributed by atoms with E-state index >= 15 is 0 Å². The molecule has 1 aromatic heterocycles. The molecular weight excluding hydrogens is 542 g/mol. The maximum atomic E-state index is 13.1. The minimum Gasteiger partial charge on any atom is -0.489 e. The molecular formula is C31H44ClN5O4. The molecule has 41 heavy (non-hydrogen) atoms. The molecule has 0 bridgehead atoms. The molecule has 1 atom stereocenters. The highest BCUT2D eigenvalue weighted by atomic mass is 35.5. The van der Waals surface area contributed by atoms with Crippen molar-refractivity contribution in [3.8, 4) is 17.0 Å². The van der Waals surface area contributed by atoms with Crippen molar-refractivity contribution in [2.45, 2.75) is 59.3 Å². The first kappa shape index (κ1) is 33.8. The van der Waals surface area contributed by atoms with Gasteiger partial charge in [-0.25, -0.2) is 4.98 Å². The Kier molecular flexibility index (Phi) is 11.9. The van der Waals surface area contributed by atoms with Gasteiger partial charge in [-0.15, -0.1) is 0 Å². The van der Waals surface area contributed by atoms with Crippen molar-refractivity contribution in [2.24, 2.45) is 7.05 Å². The Morgan fingerprint density at radius 2 is 1.80 bits per heavy atom. The predicted octanol–water partition coefficient (Wildman–Crippen LogP) is 4.41. The number of rotatable bonds is 12. The summed E-state index contributed by atoms with van der Waals surface area (Å²) in [6.45, 7) is 7.73. The van der Waals surface area contributed by atoms with Gasteiger partial charge < -0.3 is 29.9 Å². The highest BCUT2D eigenvalue weighted by molar-refractivity contribution is 6.32. The minimum atomic E-state index is -1.05. The van der Waals surface area contributed by atoms with Crippen LogP contribution in [0.1, 0.15) is 56.9 Å². The van der Waals surface area contributed by atoms with Gasteiger partial charge >= 0.3 is 0 Å². The molecule has 0 fully saturated rings. The molecule has 0 aliphatic rings. The van der Waals surface area contributed by atoms with Gasteiger partial charge in [0.15, 0.2) is 0 Å². The topological polar surface area (TPSA) is 109 Å². The highest BCUT2D eigenvalue weighted by Gasteiger charge is 2.23. The van der Waals surface area contributed by atoms with Gasteiger partial charge in [0.25, 0.3) is 5.91 Å². The third-order valence-electron chi connectivity index (χ3n) is 6.05. The molecule has 224 valence electrons. The van der Waals surface area contributed by atoms with E-state index in [2.05, 4.69) is 15.6 Å². The second-order valence-corrected chi connectivity index (χ2v) is 11.5. The van der Waals surface area contributed by atoms with E-state index < -0.39 is 5.60 Å². The van der Waals surface area contributed by atoms with Crippen LogP contribution in [0.2, 0.25) is 5.02 Å². The second-order valence-electron chi connectivity index (χ2n) is 11.0. The maximum Gasteiger partial charge on any atom is 0.251 e. The number of ether oxygens (including phenoxy) is 1. The van der Waals surface area contributed by atoms with E-state index in [0.717, 1.165) is 16.8 Å². The standard InChI is InChI=1S/C30H40ClN5O4.CH4/c1-19(2)40-26-13-12-22(15-24(26)31)28(38)33-23(16-32-27(37)18-35(5)6)14-20-8-10-21(11-9-20)25-17-36(7)29(34-25)30(3,4)39;/h8-13,15,17,19,23,39H,14,16,18H2,1-7H3,(H,32,37)(H,33,38);1H4/t23-;/m0./s1. The van der Waals surface area contributed by atoms with Crippen molar-refractivity contribution < 1.29 is 19.4 Å². The molecule has 0 unspecified atom stereocenters. The number of carbonyl (C=O) groups is 2. The van der Waals surface area contributed by atoms with Crippen LogP contribution in [0.3, 0.4) is 0 Å². The lowest BCUT2D eigenvalue weighted by Gasteiger charge is -2.21. The van der Waals surface area contributed by atoms with Gasteiger partial charge in [-0.2, -0.15) is 0 Å². The van der Waals surface area contributed by atoms with Crippen molar-refractivity contribution >= 4 is 23.4 Å². The molecule has 3 aromatic rings. The van der Waals surface area contributed by atoms with Crippen LogP contribution in [-0.4, -0.2) is 70.7 Å². The molecule has 2 amide bonds. The summed E-state index contributed by atoms with van der Waals surface area (Å²) in [5.74, 6) is 0.666. The lowest BCUT2D eigenvalue weighted by Crippen LogP contribution is -2.46. The quantitative estimate of drug-likeness (QED) is 0.291. The van der Waals surface area contributed by atoms with Gasteiger partial charge in [-0.1, -0.05) is 43.3 Å². The minimum absolute atomic E-state index is 0. The molecule has 3 N–H and O–H groups in total. The van der Waals surface area contributed by atoms with Crippen molar-refractivity contribution in [1.29, 1.82) is 0 Å². The molecule has 0 spiro atoms. The largest absolute Gasteiger partial charge is 0.489 e. The van der Waals surface area contributed by atoms with E-state index in [1.165, 1.54) is 0 Å². The fraction of sp³-hybridized carbons (Fsp3) is 0.452. The van der Waals surface area contributed by atoms with E-state index in [9.17, 15) is 14.7 Å². The van der Waals surface area contributed by atoms with Crippen LogP contribution in [0.5, 0.6) is 5.75 Å².